The third-order valence-corrected chi connectivity index (χ3v) is 3.68. The molecule has 2 aromatic rings. The lowest BCUT2D eigenvalue weighted by Crippen LogP contribution is -1.98. The van der Waals surface area contributed by atoms with Gasteiger partial charge in [-0.25, -0.2) is 4.98 Å². The summed E-state index contributed by atoms with van der Waals surface area (Å²) in [6.07, 6.45) is 7.68. The van der Waals surface area contributed by atoms with E-state index in [1.807, 2.05) is 18.3 Å². The van der Waals surface area contributed by atoms with Gasteiger partial charge in [0.25, 0.3) is 0 Å². The third-order valence-electron chi connectivity index (χ3n) is 3.15. The lowest BCUT2D eigenvalue weighted by Gasteiger charge is -1.99. The summed E-state index contributed by atoms with van der Waals surface area (Å²) in [4.78, 5) is 7.83. The van der Waals surface area contributed by atoms with E-state index < -0.39 is 0 Å². The SMILES string of the molecule is NCCCCCCc1ncc(-c2ccc(Br)cc2)[nH]1. The van der Waals surface area contributed by atoms with Crippen LogP contribution in [-0.4, -0.2) is 16.5 Å². The summed E-state index contributed by atoms with van der Waals surface area (Å²) in [5.41, 5.74) is 7.74. The van der Waals surface area contributed by atoms with Crippen molar-refractivity contribution in [3.63, 3.8) is 0 Å². The van der Waals surface area contributed by atoms with Crippen molar-refractivity contribution in [1.29, 1.82) is 0 Å². The average molecular weight is 322 g/mol. The monoisotopic (exact) mass is 321 g/mol. The van der Waals surface area contributed by atoms with Crippen LogP contribution in [0.15, 0.2) is 34.9 Å². The van der Waals surface area contributed by atoms with Crippen molar-refractivity contribution in [1.82, 2.24) is 9.97 Å². The second-order valence-corrected chi connectivity index (χ2v) is 5.62. The van der Waals surface area contributed by atoms with Crippen molar-refractivity contribution < 1.29 is 0 Å². The molecular weight excluding hydrogens is 302 g/mol. The Hall–Kier alpha value is -1.13. The van der Waals surface area contributed by atoms with Crippen LogP contribution in [0, 0.1) is 0 Å². The van der Waals surface area contributed by atoms with Gasteiger partial charge in [-0.1, -0.05) is 40.9 Å². The fourth-order valence-corrected chi connectivity index (χ4v) is 2.32. The van der Waals surface area contributed by atoms with Crippen molar-refractivity contribution in [3.8, 4) is 11.3 Å². The quantitative estimate of drug-likeness (QED) is 0.760. The Morgan fingerprint density at radius 3 is 2.53 bits per heavy atom. The molecular formula is C15H20BrN3. The summed E-state index contributed by atoms with van der Waals surface area (Å²) in [5, 5.41) is 0. The molecule has 0 radical (unpaired) electrons. The van der Waals surface area contributed by atoms with Gasteiger partial charge >= 0.3 is 0 Å². The number of nitrogens with one attached hydrogen (secondary N) is 1. The molecule has 0 spiro atoms. The van der Waals surface area contributed by atoms with Crippen LogP contribution in [0.5, 0.6) is 0 Å². The number of hydrogen-bond acceptors (Lipinski definition) is 2. The molecule has 4 heteroatoms. The summed E-state index contributed by atoms with van der Waals surface area (Å²) in [7, 11) is 0. The first-order valence-corrected chi connectivity index (χ1v) is 7.59. The number of aryl methyl sites for hydroxylation is 1. The first-order chi connectivity index (χ1) is 9.29. The minimum absolute atomic E-state index is 0.800. The molecule has 0 aliphatic carbocycles. The molecule has 2 rings (SSSR count). The van der Waals surface area contributed by atoms with E-state index in [-0.39, 0.29) is 0 Å². The van der Waals surface area contributed by atoms with Crippen molar-refractivity contribution in [2.24, 2.45) is 5.73 Å². The topological polar surface area (TPSA) is 54.7 Å². The number of nitrogens with two attached hydrogens (primary N) is 1. The fraction of sp³-hybridized carbons (Fsp3) is 0.400. The molecule has 1 aromatic heterocycles. The van der Waals surface area contributed by atoms with Crippen LogP contribution in [0.2, 0.25) is 0 Å². The van der Waals surface area contributed by atoms with Crippen LogP contribution >= 0.6 is 15.9 Å². The molecule has 0 aliphatic heterocycles. The molecule has 0 atom stereocenters. The van der Waals surface area contributed by atoms with Crippen molar-refractivity contribution in [3.05, 3.63) is 40.8 Å². The molecule has 3 N–H and O–H groups in total. The lowest BCUT2D eigenvalue weighted by molar-refractivity contribution is 0.638. The Labute approximate surface area is 122 Å². The minimum Gasteiger partial charge on any atom is -0.342 e. The van der Waals surface area contributed by atoms with Gasteiger partial charge < -0.3 is 10.7 Å². The first kappa shape index (κ1) is 14.3. The van der Waals surface area contributed by atoms with Crippen LogP contribution < -0.4 is 5.73 Å². The molecule has 0 unspecified atom stereocenters. The molecule has 3 nitrogen and oxygen atoms in total. The largest absolute Gasteiger partial charge is 0.342 e. The van der Waals surface area contributed by atoms with E-state index in [4.69, 9.17) is 5.73 Å². The number of imidazole rings is 1. The third kappa shape index (κ3) is 4.48. The van der Waals surface area contributed by atoms with E-state index >= 15 is 0 Å². The van der Waals surface area contributed by atoms with Crippen LogP contribution in [0.3, 0.4) is 0 Å². The van der Waals surface area contributed by atoms with E-state index in [0.717, 1.165) is 35.4 Å². The summed E-state index contributed by atoms with van der Waals surface area (Å²) >= 11 is 3.44. The van der Waals surface area contributed by atoms with Crippen LogP contribution in [0.4, 0.5) is 0 Å². The standard InChI is InChI=1S/C15H20BrN3/c16-13-8-6-12(7-9-13)14-11-18-15(19-14)5-3-1-2-4-10-17/h6-9,11H,1-5,10,17H2,(H,18,19). The number of benzene rings is 1. The van der Waals surface area contributed by atoms with Gasteiger partial charge in [0.15, 0.2) is 0 Å². The van der Waals surface area contributed by atoms with Crippen LogP contribution in [-0.2, 0) is 6.42 Å². The zero-order valence-corrected chi connectivity index (χ0v) is 12.6. The smallest absolute Gasteiger partial charge is 0.106 e. The van der Waals surface area contributed by atoms with E-state index in [1.54, 1.807) is 0 Å². The van der Waals surface area contributed by atoms with Gasteiger partial charge in [-0.2, -0.15) is 0 Å². The van der Waals surface area contributed by atoms with Crippen molar-refractivity contribution >= 4 is 15.9 Å². The summed E-state index contributed by atoms with van der Waals surface area (Å²) in [6.45, 7) is 0.800. The predicted molar refractivity (Wildman–Crippen MR) is 83.0 cm³/mol. The minimum atomic E-state index is 0.800. The molecule has 1 aromatic carbocycles. The van der Waals surface area contributed by atoms with E-state index in [0.29, 0.717) is 0 Å². The van der Waals surface area contributed by atoms with Crippen molar-refractivity contribution in [2.75, 3.05) is 6.54 Å². The van der Waals surface area contributed by atoms with Gasteiger partial charge in [0.1, 0.15) is 5.82 Å². The number of H-pyrrole nitrogens is 1. The van der Waals surface area contributed by atoms with E-state index in [1.165, 1.54) is 24.8 Å². The normalized spacial score (nSPS) is 10.8. The van der Waals surface area contributed by atoms with Gasteiger partial charge in [0.05, 0.1) is 11.9 Å². The molecule has 0 amide bonds. The molecule has 102 valence electrons. The molecule has 1 heterocycles. The number of halogens is 1. The Bertz CT molecular complexity index is 490. The Balaban J connectivity index is 1.86. The number of aromatic nitrogens is 2. The maximum absolute atomic E-state index is 5.48. The highest BCUT2D eigenvalue weighted by Gasteiger charge is 2.03. The zero-order valence-electron chi connectivity index (χ0n) is 11.0. The van der Waals surface area contributed by atoms with Crippen LogP contribution in [0.25, 0.3) is 11.3 Å². The number of unbranched alkanes of at least 4 members (excludes halogenated alkanes) is 3. The summed E-state index contributed by atoms with van der Waals surface area (Å²) in [6, 6.07) is 8.26. The summed E-state index contributed by atoms with van der Waals surface area (Å²) in [5.74, 6) is 1.07. The predicted octanol–water partition coefficient (Wildman–Crippen LogP) is 3.90. The molecule has 0 saturated heterocycles. The van der Waals surface area contributed by atoms with Crippen molar-refractivity contribution in [2.45, 2.75) is 32.1 Å². The maximum Gasteiger partial charge on any atom is 0.106 e. The fourth-order valence-electron chi connectivity index (χ4n) is 2.06. The second-order valence-electron chi connectivity index (χ2n) is 4.70. The zero-order chi connectivity index (χ0) is 13.5. The van der Waals surface area contributed by atoms with Gasteiger partial charge in [0.2, 0.25) is 0 Å². The number of aromatic amines is 1. The average Bonchev–Trinajstić information content (AvgIpc) is 2.88. The molecule has 0 aliphatic rings. The Morgan fingerprint density at radius 2 is 1.79 bits per heavy atom. The Kier molecular flexibility index (Phi) is 5.61. The van der Waals surface area contributed by atoms with Gasteiger partial charge in [0, 0.05) is 10.9 Å². The van der Waals surface area contributed by atoms with E-state index in [9.17, 15) is 0 Å². The summed E-state index contributed by atoms with van der Waals surface area (Å²) < 4.78 is 1.09. The highest BCUT2D eigenvalue weighted by molar-refractivity contribution is 9.10. The maximum atomic E-state index is 5.48. The molecule has 19 heavy (non-hydrogen) atoms. The van der Waals surface area contributed by atoms with Crippen LogP contribution in [0.1, 0.15) is 31.5 Å². The highest BCUT2D eigenvalue weighted by Crippen LogP contribution is 2.20. The van der Waals surface area contributed by atoms with Gasteiger partial charge in [-0.05, 0) is 37.1 Å². The number of rotatable bonds is 7. The Morgan fingerprint density at radius 1 is 1.05 bits per heavy atom. The molecule has 0 bridgehead atoms. The molecule has 0 saturated carbocycles. The second kappa shape index (κ2) is 7.46. The first-order valence-electron chi connectivity index (χ1n) is 6.79. The van der Waals surface area contributed by atoms with E-state index in [2.05, 4.69) is 38.0 Å². The number of hydrogen-bond donors (Lipinski definition) is 2. The number of nitrogens with zero attached hydrogens (tertiary/aromatic N) is 1. The van der Waals surface area contributed by atoms with Gasteiger partial charge in [-0.3, -0.25) is 0 Å². The molecule has 0 fully saturated rings. The lowest BCUT2D eigenvalue weighted by atomic mass is 10.1. The van der Waals surface area contributed by atoms with Gasteiger partial charge in [-0.15, -0.1) is 0 Å². The highest BCUT2D eigenvalue weighted by atomic mass is 79.9.